The molecule has 1 saturated heterocycles. The van der Waals surface area contributed by atoms with Crippen LogP contribution in [0.25, 0.3) is 0 Å². The summed E-state index contributed by atoms with van der Waals surface area (Å²) in [6.45, 7) is 3.56. The Labute approximate surface area is 190 Å². The molecule has 1 aromatic rings. The van der Waals surface area contributed by atoms with Gasteiger partial charge in [-0.3, -0.25) is 4.90 Å². The van der Waals surface area contributed by atoms with Gasteiger partial charge in [-0.05, 0) is 94.1 Å². The Hall–Kier alpha value is -2.57. The highest BCUT2D eigenvalue weighted by atomic mass is 32.2. The first-order chi connectivity index (χ1) is 15.3. The molecule has 3 aliphatic rings. The van der Waals surface area contributed by atoms with Gasteiger partial charge in [0.05, 0.1) is 17.2 Å². The molecule has 0 radical (unpaired) electrons. The number of fused-ring (bicyclic) bond motifs is 2. The van der Waals surface area contributed by atoms with Crippen molar-refractivity contribution in [3.63, 3.8) is 0 Å². The second kappa shape index (κ2) is 9.12. The Kier molecular flexibility index (Phi) is 6.45. The van der Waals surface area contributed by atoms with E-state index in [0.29, 0.717) is 6.61 Å². The number of nitriles is 1. The number of hydrogen-bond acceptors (Lipinski definition) is 6. The lowest BCUT2D eigenvalue weighted by Crippen LogP contribution is -2.42. The van der Waals surface area contributed by atoms with E-state index in [1.54, 1.807) is 6.19 Å². The number of hydrogen-bond donors (Lipinski definition) is 2. The van der Waals surface area contributed by atoms with Gasteiger partial charge in [-0.1, -0.05) is 10.4 Å². The van der Waals surface area contributed by atoms with Crippen molar-refractivity contribution in [2.45, 2.75) is 63.8 Å². The van der Waals surface area contributed by atoms with Crippen LogP contribution >= 0.6 is 0 Å². The SMILES string of the molecule is CN1CCC[C@@]1(C)CO/C=C/S(=O)(=NC#N)NC(=O)Nc1c2c(cc3c1CCC3)CCC2. The maximum absolute atomic E-state index is 13.1. The van der Waals surface area contributed by atoms with Crippen LogP contribution in [-0.4, -0.2) is 40.9 Å². The van der Waals surface area contributed by atoms with Gasteiger partial charge in [0.2, 0.25) is 6.19 Å². The van der Waals surface area contributed by atoms with Crippen LogP contribution in [0.15, 0.2) is 22.1 Å². The normalized spacial score (nSPS) is 23.9. The summed E-state index contributed by atoms with van der Waals surface area (Å²) in [4.78, 5) is 15.0. The van der Waals surface area contributed by atoms with Crippen LogP contribution in [-0.2, 0) is 40.3 Å². The summed E-state index contributed by atoms with van der Waals surface area (Å²) in [7, 11) is -1.38. The molecular formula is C23H31N5O3S. The van der Waals surface area contributed by atoms with Gasteiger partial charge in [0.1, 0.15) is 6.61 Å². The molecule has 32 heavy (non-hydrogen) atoms. The third kappa shape index (κ3) is 4.62. The second-order valence-corrected chi connectivity index (χ2v) is 11.0. The fourth-order valence-corrected chi connectivity index (χ4v) is 5.91. The second-order valence-electron chi connectivity index (χ2n) is 9.16. The average Bonchev–Trinajstić information content (AvgIpc) is 3.46. The summed E-state index contributed by atoms with van der Waals surface area (Å²) in [6, 6.07) is 1.65. The number of likely N-dealkylation sites (N-methyl/N-ethyl adjacent to an activating group) is 1. The van der Waals surface area contributed by atoms with Crippen LogP contribution in [0.5, 0.6) is 0 Å². The highest BCUT2D eigenvalue weighted by Crippen LogP contribution is 2.38. The number of nitrogens with one attached hydrogen (secondary N) is 2. The third-order valence-electron chi connectivity index (χ3n) is 6.99. The smallest absolute Gasteiger partial charge is 0.331 e. The molecule has 2 N–H and O–H groups in total. The summed E-state index contributed by atoms with van der Waals surface area (Å²) < 4.78 is 24.5. The average molecular weight is 458 g/mol. The Morgan fingerprint density at radius 3 is 2.56 bits per heavy atom. The van der Waals surface area contributed by atoms with Crippen molar-refractivity contribution in [1.82, 2.24) is 9.62 Å². The fourth-order valence-electron chi connectivity index (χ4n) is 5.07. The number of carbonyl (C=O) groups excluding carboxylic acids is 1. The lowest BCUT2D eigenvalue weighted by molar-refractivity contribution is 0.0877. The maximum atomic E-state index is 13.1. The summed E-state index contributed by atoms with van der Waals surface area (Å²) in [5.74, 6) is 0. The molecule has 8 nitrogen and oxygen atoms in total. The first-order valence-corrected chi connectivity index (χ1v) is 12.8. The largest absolute Gasteiger partial charge is 0.499 e. The number of urea groups is 1. The first-order valence-electron chi connectivity index (χ1n) is 11.2. The van der Waals surface area contributed by atoms with E-state index in [1.807, 2.05) is 0 Å². The molecule has 1 unspecified atom stereocenters. The quantitative estimate of drug-likeness (QED) is 0.501. The van der Waals surface area contributed by atoms with Crippen LogP contribution in [0.2, 0.25) is 0 Å². The monoisotopic (exact) mass is 457 g/mol. The number of benzene rings is 1. The van der Waals surface area contributed by atoms with Crippen LogP contribution in [0, 0.1) is 11.5 Å². The number of aryl methyl sites for hydroxylation is 2. The number of ether oxygens (including phenoxy) is 1. The Morgan fingerprint density at radius 1 is 1.28 bits per heavy atom. The maximum Gasteiger partial charge on any atom is 0.331 e. The predicted molar refractivity (Wildman–Crippen MR) is 124 cm³/mol. The summed E-state index contributed by atoms with van der Waals surface area (Å²) in [5, 5.41) is 13.1. The molecule has 0 spiro atoms. The van der Waals surface area contributed by atoms with Gasteiger partial charge in [-0.2, -0.15) is 5.26 Å². The van der Waals surface area contributed by atoms with Crippen molar-refractivity contribution < 1.29 is 13.7 Å². The zero-order valence-electron chi connectivity index (χ0n) is 18.8. The van der Waals surface area contributed by atoms with Crippen molar-refractivity contribution in [2.24, 2.45) is 4.36 Å². The minimum atomic E-state index is -3.43. The number of likely N-dealkylation sites (tertiary alicyclic amines) is 1. The predicted octanol–water partition coefficient (Wildman–Crippen LogP) is 3.62. The van der Waals surface area contributed by atoms with E-state index in [0.717, 1.165) is 69.0 Å². The van der Waals surface area contributed by atoms with Crippen molar-refractivity contribution in [3.05, 3.63) is 40.0 Å². The summed E-state index contributed by atoms with van der Waals surface area (Å²) >= 11 is 0. The van der Waals surface area contributed by atoms with Crippen LogP contribution in [0.3, 0.4) is 0 Å². The molecule has 2 amide bonds. The van der Waals surface area contributed by atoms with Crippen molar-refractivity contribution in [1.29, 1.82) is 5.26 Å². The molecule has 2 atom stereocenters. The Balaban J connectivity index is 1.45. The molecular weight excluding hydrogens is 426 g/mol. The highest BCUT2D eigenvalue weighted by Gasteiger charge is 2.34. The number of nitrogens with zero attached hydrogens (tertiary/aromatic N) is 3. The molecule has 4 rings (SSSR count). The van der Waals surface area contributed by atoms with E-state index >= 15 is 0 Å². The Morgan fingerprint density at radius 2 is 1.97 bits per heavy atom. The van der Waals surface area contributed by atoms with E-state index in [4.69, 9.17) is 10.00 Å². The Bertz CT molecular complexity index is 1070. The van der Waals surface area contributed by atoms with Gasteiger partial charge in [-0.25, -0.2) is 13.7 Å². The number of amides is 2. The fraction of sp³-hybridized carbons (Fsp3) is 0.565. The number of anilines is 1. The van der Waals surface area contributed by atoms with Crippen molar-refractivity contribution in [2.75, 3.05) is 25.5 Å². The molecule has 9 heteroatoms. The standard InChI is InChI=1S/C23H31N5O3S/c1-23(10-5-11-28(23)2)15-31-12-13-32(30,25-16-24)27-22(29)26-21-19-8-3-6-17(19)14-18-7-4-9-20(18)21/h12-14H,3-11,15H2,1-2H3,(H2,25,26,27,29,30)/b13-12+/t23-,32?/m0/s1. The lowest BCUT2D eigenvalue weighted by atomic mass is 9.99. The summed E-state index contributed by atoms with van der Waals surface area (Å²) in [6.07, 6.45) is 11.0. The molecule has 1 aliphatic heterocycles. The zero-order valence-corrected chi connectivity index (χ0v) is 19.6. The molecule has 1 fully saturated rings. The van der Waals surface area contributed by atoms with Crippen molar-refractivity contribution >= 4 is 21.6 Å². The van der Waals surface area contributed by atoms with E-state index in [-0.39, 0.29) is 5.54 Å². The topological polar surface area (TPSA) is 107 Å². The molecule has 0 aromatic heterocycles. The summed E-state index contributed by atoms with van der Waals surface area (Å²) in [5.41, 5.74) is 5.70. The van der Waals surface area contributed by atoms with E-state index in [9.17, 15) is 9.00 Å². The third-order valence-corrected chi connectivity index (χ3v) is 8.30. The van der Waals surface area contributed by atoms with E-state index in [1.165, 1.54) is 28.5 Å². The molecule has 2 aliphatic carbocycles. The van der Waals surface area contributed by atoms with Crippen LogP contribution in [0.4, 0.5) is 10.5 Å². The van der Waals surface area contributed by atoms with Gasteiger partial charge in [0.15, 0.2) is 9.92 Å². The minimum Gasteiger partial charge on any atom is -0.499 e. The zero-order chi connectivity index (χ0) is 22.8. The molecule has 0 saturated carbocycles. The van der Waals surface area contributed by atoms with Gasteiger partial charge >= 0.3 is 6.03 Å². The molecule has 172 valence electrons. The van der Waals surface area contributed by atoms with Crippen molar-refractivity contribution in [3.8, 4) is 6.19 Å². The minimum absolute atomic E-state index is 0.0868. The van der Waals surface area contributed by atoms with Gasteiger partial charge in [-0.15, -0.1) is 0 Å². The van der Waals surface area contributed by atoms with Crippen LogP contribution < -0.4 is 10.0 Å². The van der Waals surface area contributed by atoms with E-state index in [2.05, 4.69) is 39.3 Å². The molecule has 0 bridgehead atoms. The van der Waals surface area contributed by atoms with E-state index < -0.39 is 15.9 Å². The molecule has 1 heterocycles. The first kappa shape index (κ1) is 22.6. The molecule has 1 aromatic carbocycles. The van der Waals surface area contributed by atoms with Gasteiger partial charge < -0.3 is 10.1 Å². The number of rotatable bonds is 6. The van der Waals surface area contributed by atoms with Gasteiger partial charge in [0.25, 0.3) is 0 Å². The lowest BCUT2D eigenvalue weighted by Gasteiger charge is -2.31. The highest BCUT2D eigenvalue weighted by molar-refractivity contribution is 7.95. The number of carbonyl (C=O) groups is 1. The van der Waals surface area contributed by atoms with Crippen LogP contribution in [0.1, 0.15) is 54.9 Å². The van der Waals surface area contributed by atoms with Gasteiger partial charge in [0, 0.05) is 5.69 Å².